The van der Waals surface area contributed by atoms with E-state index in [1.54, 1.807) is 24.3 Å². The molecule has 0 unspecified atom stereocenters. The molecule has 2 rings (SSSR count). The second kappa shape index (κ2) is 6.63. The molecule has 4 nitrogen and oxygen atoms in total. The molecule has 106 valence electrons. The Morgan fingerprint density at radius 1 is 1.40 bits per heavy atom. The van der Waals surface area contributed by atoms with E-state index in [1.807, 2.05) is 13.0 Å². The molecule has 1 aromatic heterocycles. The lowest BCUT2D eigenvalue weighted by atomic mass is 10.1. The number of nitrogens with two attached hydrogens (primary N) is 1. The summed E-state index contributed by atoms with van der Waals surface area (Å²) in [6.07, 6.45) is 0. The normalized spacial score (nSPS) is 10.3. The average molecular weight is 311 g/mol. The van der Waals surface area contributed by atoms with Crippen molar-refractivity contribution in [3.8, 4) is 5.75 Å². The fourth-order valence-corrected chi connectivity index (χ4v) is 2.78. The largest absolute Gasteiger partial charge is 0.491 e. The Kier molecular flexibility index (Phi) is 4.87. The van der Waals surface area contributed by atoms with Gasteiger partial charge in [-0.05, 0) is 31.2 Å². The molecule has 6 heteroatoms. The van der Waals surface area contributed by atoms with E-state index in [2.05, 4.69) is 5.32 Å². The predicted octanol–water partition coefficient (Wildman–Crippen LogP) is 3.31. The number of carbonyl (C=O) groups excluding carboxylic acids is 1. The van der Waals surface area contributed by atoms with Crippen LogP contribution in [0.2, 0.25) is 4.34 Å². The molecule has 1 heterocycles. The van der Waals surface area contributed by atoms with Crippen LogP contribution in [0.3, 0.4) is 0 Å². The highest BCUT2D eigenvalue weighted by Crippen LogP contribution is 2.26. The number of hydrogen-bond donors (Lipinski definition) is 2. The Morgan fingerprint density at radius 3 is 2.85 bits per heavy atom. The Bertz CT molecular complexity index is 613. The molecule has 3 N–H and O–H groups in total. The van der Waals surface area contributed by atoms with Crippen molar-refractivity contribution in [3.05, 3.63) is 45.1 Å². The molecule has 0 saturated carbocycles. The minimum absolute atomic E-state index is 0.217. The second-order valence-corrected chi connectivity index (χ2v) is 5.85. The van der Waals surface area contributed by atoms with Crippen LogP contribution in [0.1, 0.15) is 22.2 Å². The number of nitrogen functional groups attached to an aromatic ring is 1. The summed E-state index contributed by atoms with van der Waals surface area (Å²) in [5.41, 5.74) is 6.73. The average Bonchev–Trinajstić information content (AvgIpc) is 2.84. The maximum Gasteiger partial charge on any atom is 0.255 e. The Morgan fingerprint density at radius 2 is 2.20 bits per heavy atom. The molecule has 1 aromatic carbocycles. The number of carbonyl (C=O) groups is 1. The van der Waals surface area contributed by atoms with Crippen molar-refractivity contribution in [2.75, 3.05) is 12.3 Å². The molecule has 0 radical (unpaired) electrons. The standard InChI is InChI=1S/C14H15ClN2O2S/c1-2-19-13-10(4-3-5-11(13)16)14(18)17-8-9-6-7-12(15)20-9/h3-7H,2,8,16H2,1H3,(H,17,18). The van der Waals surface area contributed by atoms with Gasteiger partial charge in [-0.3, -0.25) is 4.79 Å². The van der Waals surface area contributed by atoms with Crippen molar-refractivity contribution in [3.63, 3.8) is 0 Å². The molecule has 1 amide bonds. The molecule has 0 fully saturated rings. The van der Waals surface area contributed by atoms with Crippen molar-refractivity contribution in [1.82, 2.24) is 5.32 Å². The van der Waals surface area contributed by atoms with E-state index in [9.17, 15) is 4.79 Å². The molecule has 0 spiro atoms. The number of rotatable bonds is 5. The van der Waals surface area contributed by atoms with Crippen LogP contribution in [0.4, 0.5) is 5.69 Å². The molecule has 0 saturated heterocycles. The van der Waals surface area contributed by atoms with Crippen LogP contribution in [0.25, 0.3) is 0 Å². The summed E-state index contributed by atoms with van der Waals surface area (Å²) in [6, 6.07) is 8.82. The van der Waals surface area contributed by atoms with Gasteiger partial charge in [-0.2, -0.15) is 0 Å². The van der Waals surface area contributed by atoms with E-state index in [1.165, 1.54) is 11.3 Å². The van der Waals surface area contributed by atoms with Crippen LogP contribution < -0.4 is 15.8 Å². The first-order valence-electron chi connectivity index (χ1n) is 6.15. The summed E-state index contributed by atoms with van der Waals surface area (Å²) in [7, 11) is 0. The molecule has 0 aliphatic carbocycles. The molecule has 0 aliphatic heterocycles. The zero-order valence-corrected chi connectivity index (χ0v) is 12.6. The first-order valence-corrected chi connectivity index (χ1v) is 7.35. The number of para-hydroxylation sites is 1. The zero-order chi connectivity index (χ0) is 14.5. The fourth-order valence-electron chi connectivity index (χ4n) is 1.75. The molecule has 0 atom stereocenters. The Labute approximate surface area is 126 Å². The van der Waals surface area contributed by atoms with E-state index in [-0.39, 0.29) is 5.91 Å². The first kappa shape index (κ1) is 14.7. The molecular weight excluding hydrogens is 296 g/mol. The van der Waals surface area contributed by atoms with Gasteiger partial charge in [-0.1, -0.05) is 17.7 Å². The summed E-state index contributed by atoms with van der Waals surface area (Å²) in [5.74, 6) is 0.210. The van der Waals surface area contributed by atoms with E-state index < -0.39 is 0 Å². The molecule has 20 heavy (non-hydrogen) atoms. The van der Waals surface area contributed by atoms with Crippen molar-refractivity contribution in [1.29, 1.82) is 0 Å². The Hall–Kier alpha value is -1.72. The van der Waals surface area contributed by atoms with Crippen LogP contribution in [-0.4, -0.2) is 12.5 Å². The number of anilines is 1. The van der Waals surface area contributed by atoms with Gasteiger partial charge in [0, 0.05) is 4.88 Å². The second-order valence-electron chi connectivity index (χ2n) is 4.05. The monoisotopic (exact) mass is 310 g/mol. The molecular formula is C14H15ClN2O2S. The van der Waals surface area contributed by atoms with E-state index >= 15 is 0 Å². The van der Waals surface area contributed by atoms with Gasteiger partial charge in [0.1, 0.15) is 0 Å². The molecule has 2 aromatic rings. The first-order chi connectivity index (χ1) is 9.61. The zero-order valence-electron chi connectivity index (χ0n) is 11.0. The predicted molar refractivity (Wildman–Crippen MR) is 82.5 cm³/mol. The minimum atomic E-state index is -0.217. The van der Waals surface area contributed by atoms with E-state index in [4.69, 9.17) is 22.1 Å². The number of nitrogens with one attached hydrogen (secondary N) is 1. The smallest absolute Gasteiger partial charge is 0.255 e. The van der Waals surface area contributed by atoms with E-state index in [0.717, 1.165) is 4.88 Å². The van der Waals surface area contributed by atoms with Crippen LogP contribution in [0, 0.1) is 0 Å². The van der Waals surface area contributed by atoms with Crippen molar-refractivity contribution < 1.29 is 9.53 Å². The van der Waals surface area contributed by atoms with Crippen molar-refractivity contribution in [2.45, 2.75) is 13.5 Å². The van der Waals surface area contributed by atoms with Gasteiger partial charge in [-0.25, -0.2) is 0 Å². The van der Waals surface area contributed by atoms with Gasteiger partial charge in [0.25, 0.3) is 5.91 Å². The molecule has 0 aliphatic rings. The third kappa shape index (κ3) is 3.43. The number of benzene rings is 1. The summed E-state index contributed by atoms with van der Waals surface area (Å²) in [4.78, 5) is 13.2. The van der Waals surface area contributed by atoms with Crippen LogP contribution in [0.15, 0.2) is 30.3 Å². The summed E-state index contributed by atoms with van der Waals surface area (Å²) < 4.78 is 6.14. The lowest BCUT2D eigenvalue weighted by Gasteiger charge is -2.12. The molecule has 0 bridgehead atoms. The Balaban J connectivity index is 2.10. The number of halogens is 1. The lowest BCUT2D eigenvalue weighted by molar-refractivity contribution is 0.0947. The highest BCUT2D eigenvalue weighted by Gasteiger charge is 2.14. The van der Waals surface area contributed by atoms with Crippen molar-refractivity contribution >= 4 is 34.5 Å². The maximum absolute atomic E-state index is 12.2. The van der Waals surface area contributed by atoms with Gasteiger partial charge in [-0.15, -0.1) is 11.3 Å². The van der Waals surface area contributed by atoms with Gasteiger partial charge in [0.2, 0.25) is 0 Å². The fraction of sp³-hybridized carbons (Fsp3) is 0.214. The number of thiophene rings is 1. The SMILES string of the molecule is CCOc1c(N)cccc1C(=O)NCc1ccc(Cl)s1. The minimum Gasteiger partial charge on any atom is -0.491 e. The van der Waals surface area contributed by atoms with Gasteiger partial charge in [0.05, 0.1) is 28.7 Å². The number of ether oxygens (including phenoxy) is 1. The quantitative estimate of drug-likeness (QED) is 0.833. The van der Waals surface area contributed by atoms with Gasteiger partial charge < -0.3 is 15.8 Å². The highest BCUT2D eigenvalue weighted by molar-refractivity contribution is 7.16. The van der Waals surface area contributed by atoms with Crippen LogP contribution in [-0.2, 0) is 6.54 Å². The third-order valence-corrected chi connectivity index (χ3v) is 3.86. The lowest BCUT2D eigenvalue weighted by Crippen LogP contribution is -2.23. The maximum atomic E-state index is 12.2. The third-order valence-electron chi connectivity index (χ3n) is 2.63. The van der Waals surface area contributed by atoms with E-state index in [0.29, 0.717) is 34.5 Å². The highest BCUT2D eigenvalue weighted by atomic mass is 35.5. The number of amides is 1. The van der Waals surface area contributed by atoms with Crippen LogP contribution >= 0.6 is 22.9 Å². The number of hydrogen-bond acceptors (Lipinski definition) is 4. The summed E-state index contributed by atoms with van der Waals surface area (Å²) in [5, 5.41) is 2.83. The van der Waals surface area contributed by atoms with Gasteiger partial charge in [0.15, 0.2) is 5.75 Å². The van der Waals surface area contributed by atoms with Gasteiger partial charge >= 0.3 is 0 Å². The van der Waals surface area contributed by atoms with Crippen LogP contribution in [0.5, 0.6) is 5.75 Å². The van der Waals surface area contributed by atoms with Crippen molar-refractivity contribution in [2.24, 2.45) is 0 Å². The summed E-state index contributed by atoms with van der Waals surface area (Å²) >= 11 is 7.29. The topological polar surface area (TPSA) is 64.3 Å². The summed E-state index contributed by atoms with van der Waals surface area (Å²) in [6.45, 7) is 2.73.